The lowest BCUT2D eigenvalue weighted by atomic mass is 9.92. The second-order valence-electron chi connectivity index (χ2n) is 5.03. The molecule has 0 saturated heterocycles. The van der Waals surface area contributed by atoms with E-state index < -0.39 is 0 Å². The standard InChI is InChI=1S/C13H17BrN2O/c1-9(2)13(5-6-13)8-16-12(17)11-10(14)4-3-7-15-11/h3-4,7,9H,5-6,8H2,1-2H3,(H,16,17). The van der Waals surface area contributed by atoms with Gasteiger partial charge in [0.25, 0.3) is 5.91 Å². The van der Waals surface area contributed by atoms with E-state index >= 15 is 0 Å². The van der Waals surface area contributed by atoms with Crippen LogP contribution < -0.4 is 5.32 Å². The van der Waals surface area contributed by atoms with Crippen LogP contribution in [-0.4, -0.2) is 17.4 Å². The Balaban J connectivity index is 1.97. The average molecular weight is 297 g/mol. The number of carbonyl (C=O) groups is 1. The number of halogens is 1. The maximum Gasteiger partial charge on any atom is 0.271 e. The number of rotatable bonds is 4. The van der Waals surface area contributed by atoms with E-state index in [1.54, 1.807) is 12.3 Å². The number of hydrogen-bond donors (Lipinski definition) is 1. The molecule has 1 heterocycles. The second kappa shape index (κ2) is 4.77. The van der Waals surface area contributed by atoms with Crippen molar-refractivity contribution >= 4 is 21.8 Å². The summed E-state index contributed by atoms with van der Waals surface area (Å²) in [6.45, 7) is 5.19. The number of carbonyl (C=O) groups excluding carboxylic acids is 1. The molecular weight excluding hydrogens is 280 g/mol. The largest absolute Gasteiger partial charge is 0.350 e. The van der Waals surface area contributed by atoms with Crippen LogP contribution in [0.1, 0.15) is 37.2 Å². The summed E-state index contributed by atoms with van der Waals surface area (Å²) in [5.41, 5.74) is 0.795. The van der Waals surface area contributed by atoms with Crippen molar-refractivity contribution in [2.24, 2.45) is 11.3 Å². The number of nitrogens with one attached hydrogen (secondary N) is 1. The van der Waals surface area contributed by atoms with Crippen molar-refractivity contribution in [3.63, 3.8) is 0 Å². The van der Waals surface area contributed by atoms with Gasteiger partial charge in [0.1, 0.15) is 5.69 Å². The topological polar surface area (TPSA) is 42.0 Å². The highest BCUT2D eigenvalue weighted by Gasteiger charge is 2.45. The lowest BCUT2D eigenvalue weighted by Crippen LogP contribution is -2.33. The Morgan fingerprint density at radius 3 is 2.82 bits per heavy atom. The van der Waals surface area contributed by atoms with Crippen LogP contribution in [-0.2, 0) is 0 Å². The molecule has 0 aliphatic heterocycles. The summed E-state index contributed by atoms with van der Waals surface area (Å²) in [7, 11) is 0. The molecular formula is C13H17BrN2O. The Labute approximate surface area is 110 Å². The fraction of sp³-hybridized carbons (Fsp3) is 0.538. The molecule has 1 N–H and O–H groups in total. The lowest BCUT2D eigenvalue weighted by molar-refractivity contribution is 0.0934. The summed E-state index contributed by atoms with van der Waals surface area (Å²) in [4.78, 5) is 16.0. The molecule has 1 saturated carbocycles. The predicted molar refractivity (Wildman–Crippen MR) is 70.8 cm³/mol. The highest BCUT2D eigenvalue weighted by molar-refractivity contribution is 9.10. The van der Waals surface area contributed by atoms with E-state index in [1.807, 2.05) is 6.07 Å². The molecule has 17 heavy (non-hydrogen) atoms. The van der Waals surface area contributed by atoms with Crippen molar-refractivity contribution in [2.75, 3.05) is 6.54 Å². The Morgan fingerprint density at radius 2 is 2.29 bits per heavy atom. The van der Waals surface area contributed by atoms with Gasteiger partial charge in [-0.2, -0.15) is 0 Å². The molecule has 1 aliphatic rings. The highest BCUT2D eigenvalue weighted by Crippen LogP contribution is 2.51. The first-order valence-corrected chi connectivity index (χ1v) is 6.73. The molecule has 1 aliphatic carbocycles. The monoisotopic (exact) mass is 296 g/mol. The van der Waals surface area contributed by atoms with Crippen LogP contribution in [0, 0.1) is 11.3 Å². The number of pyridine rings is 1. The van der Waals surface area contributed by atoms with Crippen LogP contribution in [0.5, 0.6) is 0 Å². The first kappa shape index (κ1) is 12.6. The van der Waals surface area contributed by atoms with Crippen LogP contribution in [0.25, 0.3) is 0 Å². The molecule has 0 unspecified atom stereocenters. The van der Waals surface area contributed by atoms with E-state index in [0.717, 1.165) is 11.0 Å². The van der Waals surface area contributed by atoms with Crippen molar-refractivity contribution in [1.82, 2.24) is 10.3 Å². The first-order valence-electron chi connectivity index (χ1n) is 5.94. The minimum atomic E-state index is -0.0931. The maximum atomic E-state index is 12.0. The van der Waals surface area contributed by atoms with Gasteiger partial charge in [-0.3, -0.25) is 4.79 Å². The predicted octanol–water partition coefficient (Wildman–Crippen LogP) is 3.01. The van der Waals surface area contributed by atoms with Gasteiger partial charge in [-0.15, -0.1) is 0 Å². The summed E-state index contributed by atoms with van der Waals surface area (Å²) >= 11 is 3.34. The third-order valence-corrected chi connectivity index (χ3v) is 4.33. The van der Waals surface area contributed by atoms with E-state index in [-0.39, 0.29) is 5.91 Å². The molecule has 92 valence electrons. The zero-order valence-electron chi connectivity index (χ0n) is 10.2. The van der Waals surface area contributed by atoms with Gasteiger partial charge in [0.15, 0.2) is 0 Å². The Hall–Kier alpha value is -0.900. The molecule has 2 rings (SSSR count). The molecule has 0 radical (unpaired) electrons. The van der Waals surface area contributed by atoms with E-state index in [1.165, 1.54) is 12.8 Å². The first-order chi connectivity index (χ1) is 8.05. The molecule has 0 spiro atoms. The van der Waals surface area contributed by atoms with Crippen LogP contribution in [0.2, 0.25) is 0 Å². The van der Waals surface area contributed by atoms with Crippen LogP contribution >= 0.6 is 15.9 Å². The Morgan fingerprint density at radius 1 is 1.59 bits per heavy atom. The lowest BCUT2D eigenvalue weighted by Gasteiger charge is -2.19. The molecule has 3 nitrogen and oxygen atoms in total. The van der Waals surface area contributed by atoms with Crippen molar-refractivity contribution in [1.29, 1.82) is 0 Å². The van der Waals surface area contributed by atoms with Gasteiger partial charge in [0, 0.05) is 17.2 Å². The molecule has 1 aromatic heterocycles. The van der Waals surface area contributed by atoms with Gasteiger partial charge < -0.3 is 5.32 Å². The van der Waals surface area contributed by atoms with E-state index in [2.05, 4.69) is 40.1 Å². The Bertz CT molecular complexity index is 427. The van der Waals surface area contributed by atoms with Crippen molar-refractivity contribution in [3.05, 3.63) is 28.5 Å². The number of aromatic nitrogens is 1. The molecule has 0 atom stereocenters. The Kier molecular flexibility index (Phi) is 3.52. The fourth-order valence-corrected chi connectivity index (χ4v) is 2.45. The summed E-state index contributed by atoms with van der Waals surface area (Å²) in [5, 5.41) is 2.99. The number of nitrogens with zero attached hydrogens (tertiary/aromatic N) is 1. The molecule has 1 amide bonds. The van der Waals surface area contributed by atoms with Crippen molar-refractivity contribution in [2.45, 2.75) is 26.7 Å². The zero-order chi connectivity index (χ0) is 12.5. The number of hydrogen-bond acceptors (Lipinski definition) is 2. The summed E-state index contributed by atoms with van der Waals surface area (Å²) in [6, 6.07) is 3.63. The average Bonchev–Trinajstić information content (AvgIpc) is 3.07. The molecule has 4 heteroatoms. The van der Waals surface area contributed by atoms with Crippen LogP contribution in [0.4, 0.5) is 0 Å². The van der Waals surface area contributed by atoms with Gasteiger partial charge in [0.05, 0.1) is 0 Å². The summed E-state index contributed by atoms with van der Waals surface area (Å²) < 4.78 is 0.742. The highest BCUT2D eigenvalue weighted by atomic mass is 79.9. The van der Waals surface area contributed by atoms with Crippen LogP contribution in [0.3, 0.4) is 0 Å². The molecule has 1 aromatic rings. The zero-order valence-corrected chi connectivity index (χ0v) is 11.8. The van der Waals surface area contributed by atoms with Gasteiger partial charge in [-0.05, 0) is 52.2 Å². The maximum absolute atomic E-state index is 12.0. The van der Waals surface area contributed by atoms with E-state index in [9.17, 15) is 4.79 Å². The molecule has 1 fully saturated rings. The molecule has 0 aromatic carbocycles. The van der Waals surface area contributed by atoms with Gasteiger partial charge in [-0.1, -0.05) is 13.8 Å². The minimum Gasteiger partial charge on any atom is -0.350 e. The van der Waals surface area contributed by atoms with Crippen molar-refractivity contribution < 1.29 is 4.79 Å². The second-order valence-corrected chi connectivity index (χ2v) is 5.89. The fourth-order valence-electron chi connectivity index (χ4n) is 2.01. The van der Waals surface area contributed by atoms with Gasteiger partial charge >= 0.3 is 0 Å². The molecule has 0 bridgehead atoms. The summed E-state index contributed by atoms with van der Waals surface area (Å²) in [5.74, 6) is 0.527. The van der Waals surface area contributed by atoms with Gasteiger partial charge in [-0.25, -0.2) is 4.98 Å². The third-order valence-electron chi connectivity index (χ3n) is 3.69. The summed E-state index contributed by atoms with van der Waals surface area (Å²) in [6.07, 6.45) is 4.07. The SMILES string of the molecule is CC(C)C1(CNC(=O)c2ncccc2Br)CC1. The quantitative estimate of drug-likeness (QED) is 0.928. The smallest absolute Gasteiger partial charge is 0.271 e. The van der Waals surface area contributed by atoms with E-state index in [0.29, 0.717) is 17.0 Å². The third kappa shape index (κ3) is 2.68. The van der Waals surface area contributed by atoms with Crippen LogP contribution in [0.15, 0.2) is 22.8 Å². The number of amides is 1. The normalized spacial score (nSPS) is 16.9. The minimum absolute atomic E-state index is 0.0931. The van der Waals surface area contributed by atoms with Crippen molar-refractivity contribution in [3.8, 4) is 0 Å². The van der Waals surface area contributed by atoms with Gasteiger partial charge in [0.2, 0.25) is 0 Å². The van der Waals surface area contributed by atoms with E-state index in [4.69, 9.17) is 0 Å².